The lowest BCUT2D eigenvalue weighted by Crippen LogP contribution is -2.31. The molecule has 21 heavy (non-hydrogen) atoms. The first-order valence-electron chi connectivity index (χ1n) is 7.04. The summed E-state index contributed by atoms with van der Waals surface area (Å²) in [5.41, 5.74) is 0.915. The molecule has 0 saturated carbocycles. The van der Waals surface area contributed by atoms with Crippen LogP contribution in [0.1, 0.15) is 6.42 Å². The fourth-order valence-electron chi connectivity index (χ4n) is 1.97. The molecule has 0 aliphatic carbocycles. The lowest BCUT2D eigenvalue weighted by molar-refractivity contribution is -0.123. The Morgan fingerprint density at radius 3 is 3.00 bits per heavy atom. The van der Waals surface area contributed by atoms with E-state index in [2.05, 4.69) is 15.2 Å². The number of rotatable bonds is 7. The molecule has 0 fully saturated rings. The Bertz CT molecular complexity index is 599. The van der Waals surface area contributed by atoms with Crippen molar-refractivity contribution in [2.75, 3.05) is 33.8 Å². The molecule has 0 unspecified atom stereocenters. The van der Waals surface area contributed by atoms with Gasteiger partial charge in [-0.1, -0.05) is 6.07 Å². The molecule has 1 aromatic carbocycles. The number of amides is 1. The summed E-state index contributed by atoms with van der Waals surface area (Å²) in [5.74, 6) is 0.582. The smallest absolute Gasteiger partial charge is 0.257 e. The molecule has 0 atom stereocenters. The van der Waals surface area contributed by atoms with Gasteiger partial charge >= 0.3 is 0 Å². The van der Waals surface area contributed by atoms with Gasteiger partial charge in [-0.05, 0) is 51.3 Å². The topological polar surface area (TPSA) is 54.5 Å². The second kappa shape index (κ2) is 7.59. The lowest BCUT2D eigenvalue weighted by atomic mass is 10.2. The van der Waals surface area contributed by atoms with Crippen molar-refractivity contribution in [2.45, 2.75) is 6.42 Å². The Hall–Kier alpha value is -2.14. The summed E-state index contributed by atoms with van der Waals surface area (Å²) >= 11 is 0. The minimum Gasteiger partial charge on any atom is -0.484 e. The lowest BCUT2D eigenvalue weighted by Gasteiger charge is -2.10. The summed E-state index contributed by atoms with van der Waals surface area (Å²) in [6, 6.07) is 9.45. The molecule has 0 bridgehead atoms. The number of benzene rings is 1. The highest BCUT2D eigenvalue weighted by molar-refractivity contribution is 5.80. The first-order valence-corrected chi connectivity index (χ1v) is 7.04. The Kier molecular flexibility index (Phi) is 5.51. The molecule has 2 aromatic rings. The Morgan fingerprint density at radius 2 is 2.19 bits per heavy atom. The molecule has 1 N–H and O–H groups in total. The Balaban J connectivity index is 1.77. The van der Waals surface area contributed by atoms with E-state index in [1.54, 1.807) is 6.20 Å². The van der Waals surface area contributed by atoms with Gasteiger partial charge in [0.1, 0.15) is 5.75 Å². The second-order valence-electron chi connectivity index (χ2n) is 5.15. The quantitative estimate of drug-likeness (QED) is 0.787. The minimum atomic E-state index is -0.0972. The van der Waals surface area contributed by atoms with E-state index in [0.29, 0.717) is 12.3 Å². The number of nitrogens with one attached hydrogen (secondary N) is 1. The number of ether oxygens (including phenoxy) is 1. The van der Waals surface area contributed by atoms with Crippen LogP contribution < -0.4 is 10.1 Å². The van der Waals surface area contributed by atoms with Gasteiger partial charge in [0, 0.05) is 18.1 Å². The molecule has 0 aliphatic rings. The van der Waals surface area contributed by atoms with E-state index in [1.807, 2.05) is 44.4 Å². The maximum absolute atomic E-state index is 11.7. The number of carbonyl (C=O) groups is 1. The average molecular weight is 287 g/mol. The highest BCUT2D eigenvalue weighted by atomic mass is 16.5. The third kappa shape index (κ3) is 5.04. The molecule has 2 rings (SSSR count). The van der Waals surface area contributed by atoms with Gasteiger partial charge in [-0.25, -0.2) is 0 Å². The van der Waals surface area contributed by atoms with Gasteiger partial charge in [0.2, 0.25) is 0 Å². The van der Waals surface area contributed by atoms with Gasteiger partial charge in [0.15, 0.2) is 6.61 Å². The van der Waals surface area contributed by atoms with Crippen molar-refractivity contribution in [1.29, 1.82) is 0 Å². The van der Waals surface area contributed by atoms with Crippen molar-refractivity contribution < 1.29 is 9.53 Å². The molecule has 1 aromatic heterocycles. The van der Waals surface area contributed by atoms with Gasteiger partial charge < -0.3 is 15.0 Å². The first kappa shape index (κ1) is 15.3. The molecule has 1 amide bonds. The van der Waals surface area contributed by atoms with Gasteiger partial charge in [-0.15, -0.1) is 0 Å². The number of nitrogens with zero attached hydrogens (tertiary/aromatic N) is 2. The van der Waals surface area contributed by atoms with Gasteiger partial charge in [0.25, 0.3) is 5.91 Å². The van der Waals surface area contributed by atoms with Gasteiger partial charge in [0.05, 0.1) is 5.52 Å². The molecule has 5 heteroatoms. The molecule has 5 nitrogen and oxygen atoms in total. The molecule has 0 aliphatic heterocycles. The van der Waals surface area contributed by atoms with E-state index in [4.69, 9.17) is 4.74 Å². The van der Waals surface area contributed by atoms with Crippen molar-refractivity contribution >= 4 is 16.8 Å². The SMILES string of the molecule is CN(C)CCCNC(=O)COc1ccc2ncccc2c1. The number of carbonyl (C=O) groups excluding carboxylic acids is 1. The standard InChI is InChI=1S/C16H21N3O2/c1-19(2)10-4-9-18-16(20)12-21-14-6-7-15-13(11-14)5-3-8-17-15/h3,5-8,11H,4,9-10,12H2,1-2H3,(H,18,20). The minimum absolute atomic E-state index is 0.0354. The van der Waals surface area contributed by atoms with Crippen LogP contribution in [-0.4, -0.2) is 49.6 Å². The molecule has 112 valence electrons. The average Bonchev–Trinajstić information content (AvgIpc) is 2.49. The molecular formula is C16H21N3O2. The molecule has 1 heterocycles. The van der Waals surface area contributed by atoms with Crippen molar-refractivity contribution in [3.8, 4) is 5.75 Å². The highest BCUT2D eigenvalue weighted by Gasteiger charge is 2.03. The number of hydrogen-bond donors (Lipinski definition) is 1. The predicted molar refractivity (Wildman–Crippen MR) is 83.4 cm³/mol. The summed E-state index contributed by atoms with van der Waals surface area (Å²) in [6.07, 6.45) is 2.68. The normalized spacial score (nSPS) is 10.8. The van der Waals surface area contributed by atoms with Crippen LogP contribution in [0.5, 0.6) is 5.75 Å². The van der Waals surface area contributed by atoms with Crippen molar-refractivity contribution in [3.05, 3.63) is 36.5 Å². The van der Waals surface area contributed by atoms with E-state index in [1.165, 1.54) is 0 Å². The van der Waals surface area contributed by atoms with Gasteiger partial charge in [-0.3, -0.25) is 9.78 Å². The van der Waals surface area contributed by atoms with Crippen LogP contribution in [0.2, 0.25) is 0 Å². The van der Waals surface area contributed by atoms with Crippen molar-refractivity contribution in [2.24, 2.45) is 0 Å². The van der Waals surface area contributed by atoms with Gasteiger partial charge in [-0.2, -0.15) is 0 Å². The molecule has 0 radical (unpaired) electrons. The van der Waals surface area contributed by atoms with E-state index in [9.17, 15) is 4.79 Å². The van der Waals surface area contributed by atoms with Crippen molar-refractivity contribution in [3.63, 3.8) is 0 Å². The van der Waals surface area contributed by atoms with Crippen LogP contribution >= 0.6 is 0 Å². The molecule has 0 saturated heterocycles. The summed E-state index contributed by atoms with van der Waals surface area (Å²) in [5, 5.41) is 3.84. The maximum Gasteiger partial charge on any atom is 0.257 e. The van der Waals surface area contributed by atoms with Crippen LogP contribution in [0.15, 0.2) is 36.5 Å². The van der Waals surface area contributed by atoms with E-state index in [-0.39, 0.29) is 12.5 Å². The van der Waals surface area contributed by atoms with E-state index < -0.39 is 0 Å². The van der Waals surface area contributed by atoms with Crippen LogP contribution in [0, 0.1) is 0 Å². The summed E-state index contributed by atoms with van der Waals surface area (Å²) in [7, 11) is 4.03. The number of aromatic nitrogens is 1. The Labute approximate surface area is 124 Å². The number of pyridine rings is 1. The zero-order chi connectivity index (χ0) is 15.1. The summed E-state index contributed by atoms with van der Waals surface area (Å²) in [6.45, 7) is 1.66. The fourth-order valence-corrected chi connectivity index (χ4v) is 1.97. The maximum atomic E-state index is 11.7. The highest BCUT2D eigenvalue weighted by Crippen LogP contribution is 2.18. The summed E-state index contributed by atoms with van der Waals surface area (Å²) < 4.78 is 5.50. The fraction of sp³-hybridized carbons (Fsp3) is 0.375. The third-order valence-electron chi connectivity index (χ3n) is 3.05. The summed E-state index contributed by atoms with van der Waals surface area (Å²) in [4.78, 5) is 18.0. The predicted octanol–water partition coefficient (Wildman–Crippen LogP) is 1.68. The third-order valence-corrected chi connectivity index (χ3v) is 3.05. The molecule has 0 spiro atoms. The van der Waals surface area contributed by atoms with Crippen LogP contribution in [0.25, 0.3) is 10.9 Å². The number of fused-ring (bicyclic) bond motifs is 1. The monoisotopic (exact) mass is 287 g/mol. The van der Waals surface area contributed by atoms with Crippen molar-refractivity contribution in [1.82, 2.24) is 15.2 Å². The largest absolute Gasteiger partial charge is 0.484 e. The second-order valence-corrected chi connectivity index (χ2v) is 5.15. The van der Waals surface area contributed by atoms with Crippen LogP contribution in [-0.2, 0) is 4.79 Å². The number of hydrogen-bond acceptors (Lipinski definition) is 4. The van der Waals surface area contributed by atoms with E-state index >= 15 is 0 Å². The zero-order valence-corrected chi connectivity index (χ0v) is 12.5. The van der Waals surface area contributed by atoms with E-state index in [0.717, 1.165) is 23.9 Å². The zero-order valence-electron chi connectivity index (χ0n) is 12.5. The molecular weight excluding hydrogens is 266 g/mol. The van der Waals surface area contributed by atoms with Crippen LogP contribution in [0.3, 0.4) is 0 Å². The first-order chi connectivity index (χ1) is 10.1. The Morgan fingerprint density at radius 1 is 1.33 bits per heavy atom. The van der Waals surface area contributed by atoms with Crippen LogP contribution in [0.4, 0.5) is 0 Å².